The predicted octanol–water partition coefficient (Wildman–Crippen LogP) is 1.92. The van der Waals surface area contributed by atoms with E-state index in [4.69, 9.17) is 4.74 Å². The zero-order chi connectivity index (χ0) is 11.7. The van der Waals surface area contributed by atoms with Gasteiger partial charge in [-0.3, -0.25) is 4.79 Å². The minimum absolute atomic E-state index is 0.0927. The van der Waals surface area contributed by atoms with Gasteiger partial charge in [0.15, 0.2) is 11.9 Å². The Morgan fingerprint density at radius 3 is 2.88 bits per heavy atom. The monoisotopic (exact) mass is 218 g/mol. The second kappa shape index (κ2) is 4.08. The number of hydrogen-bond donors (Lipinski definition) is 0. The molecule has 0 N–H and O–H groups in total. The average Bonchev–Trinajstić information content (AvgIpc) is 2.28. The first-order chi connectivity index (χ1) is 7.63. The van der Waals surface area contributed by atoms with Gasteiger partial charge in [-0.05, 0) is 30.5 Å². The number of ketones is 1. The molecule has 3 heteroatoms. The maximum atomic E-state index is 11.7. The van der Waals surface area contributed by atoms with Crippen molar-refractivity contribution in [2.75, 3.05) is 0 Å². The molecule has 1 aliphatic rings. The maximum Gasteiger partial charge on any atom is 0.339 e. The minimum Gasteiger partial charge on any atom is -0.450 e. The summed E-state index contributed by atoms with van der Waals surface area (Å²) in [6.07, 6.45) is 0.773. The zero-order valence-corrected chi connectivity index (χ0v) is 9.45. The van der Waals surface area contributed by atoms with Crippen LogP contribution < -0.4 is 0 Å². The molecular formula is C13H14O3. The fourth-order valence-electron chi connectivity index (χ4n) is 2.04. The minimum atomic E-state index is -0.604. The van der Waals surface area contributed by atoms with Crippen LogP contribution in [0.2, 0.25) is 0 Å². The van der Waals surface area contributed by atoms with Crippen molar-refractivity contribution in [3.8, 4) is 0 Å². The van der Waals surface area contributed by atoms with Gasteiger partial charge in [0.2, 0.25) is 0 Å². The zero-order valence-electron chi connectivity index (χ0n) is 9.45. The van der Waals surface area contributed by atoms with E-state index in [1.165, 1.54) is 6.92 Å². The van der Waals surface area contributed by atoms with Crippen LogP contribution in [-0.2, 0) is 22.4 Å². The molecule has 1 atom stereocenters. The lowest BCUT2D eigenvalue weighted by atomic mass is 9.91. The highest BCUT2D eigenvalue weighted by Gasteiger charge is 2.30. The number of Topliss-reactive ketones (excluding diaryl/α,β-unsaturated/α-hetero) is 1. The van der Waals surface area contributed by atoms with Crippen molar-refractivity contribution in [1.29, 1.82) is 0 Å². The summed E-state index contributed by atoms with van der Waals surface area (Å²) in [5, 5.41) is 0. The normalized spacial score (nSPS) is 18.9. The van der Waals surface area contributed by atoms with Crippen LogP contribution in [0.1, 0.15) is 35.3 Å². The number of cyclic esters (lactones) is 1. The van der Waals surface area contributed by atoms with Crippen LogP contribution in [0.5, 0.6) is 0 Å². The first-order valence-electron chi connectivity index (χ1n) is 5.45. The van der Waals surface area contributed by atoms with E-state index in [0.717, 1.165) is 17.5 Å². The topological polar surface area (TPSA) is 43.4 Å². The quantitative estimate of drug-likeness (QED) is 0.712. The molecule has 1 aliphatic heterocycles. The fourth-order valence-corrected chi connectivity index (χ4v) is 2.04. The molecule has 0 saturated heterocycles. The summed E-state index contributed by atoms with van der Waals surface area (Å²) in [5.41, 5.74) is 2.71. The van der Waals surface area contributed by atoms with E-state index in [2.05, 4.69) is 0 Å². The number of fused-ring (bicyclic) bond motifs is 1. The van der Waals surface area contributed by atoms with Crippen LogP contribution >= 0.6 is 0 Å². The Bertz CT molecular complexity index is 448. The summed E-state index contributed by atoms with van der Waals surface area (Å²) >= 11 is 0. The van der Waals surface area contributed by atoms with Crippen LogP contribution in [0.15, 0.2) is 18.2 Å². The predicted molar refractivity (Wildman–Crippen MR) is 59.4 cm³/mol. The molecule has 16 heavy (non-hydrogen) atoms. The third-order valence-electron chi connectivity index (χ3n) is 2.97. The van der Waals surface area contributed by atoms with Crippen LogP contribution in [-0.4, -0.2) is 17.9 Å². The van der Waals surface area contributed by atoms with E-state index in [-0.39, 0.29) is 11.8 Å². The lowest BCUT2D eigenvalue weighted by Gasteiger charge is -2.24. The molecule has 0 bridgehead atoms. The standard InChI is InChI=1S/C13H14O3/c1-3-9-5-4-6-10-11(9)7-12(8(2)14)16-13(10)15/h4-6,12H,3,7H2,1-2H3. The molecule has 3 nitrogen and oxygen atoms in total. The van der Waals surface area contributed by atoms with E-state index in [0.29, 0.717) is 12.0 Å². The average molecular weight is 218 g/mol. The summed E-state index contributed by atoms with van der Waals surface area (Å²) in [5.74, 6) is -0.471. The third kappa shape index (κ3) is 1.73. The van der Waals surface area contributed by atoms with Gasteiger partial charge in [-0.2, -0.15) is 0 Å². The Morgan fingerprint density at radius 1 is 1.50 bits per heavy atom. The number of aryl methyl sites for hydroxylation is 1. The van der Waals surface area contributed by atoms with E-state index < -0.39 is 6.10 Å². The lowest BCUT2D eigenvalue weighted by molar-refractivity contribution is -0.125. The summed E-state index contributed by atoms with van der Waals surface area (Å²) in [6.45, 7) is 3.50. The summed E-state index contributed by atoms with van der Waals surface area (Å²) in [7, 11) is 0. The van der Waals surface area contributed by atoms with Crippen molar-refractivity contribution in [2.24, 2.45) is 0 Å². The van der Waals surface area contributed by atoms with Gasteiger partial charge in [0.05, 0.1) is 5.56 Å². The summed E-state index contributed by atoms with van der Waals surface area (Å²) < 4.78 is 5.09. The van der Waals surface area contributed by atoms with Crippen LogP contribution in [0.3, 0.4) is 0 Å². The van der Waals surface area contributed by atoms with Crippen molar-refractivity contribution in [1.82, 2.24) is 0 Å². The Balaban J connectivity index is 2.46. The van der Waals surface area contributed by atoms with Crippen molar-refractivity contribution >= 4 is 11.8 Å². The van der Waals surface area contributed by atoms with Crippen molar-refractivity contribution < 1.29 is 14.3 Å². The highest BCUT2D eigenvalue weighted by molar-refractivity contribution is 5.96. The van der Waals surface area contributed by atoms with Crippen LogP contribution in [0, 0.1) is 0 Å². The molecule has 84 valence electrons. The molecule has 1 heterocycles. The molecule has 1 aromatic rings. The summed E-state index contributed by atoms with van der Waals surface area (Å²) in [6, 6.07) is 5.61. The van der Waals surface area contributed by atoms with E-state index in [9.17, 15) is 9.59 Å². The molecule has 0 radical (unpaired) electrons. The molecule has 1 aromatic carbocycles. The number of benzene rings is 1. The second-order valence-electron chi connectivity index (χ2n) is 4.01. The number of rotatable bonds is 2. The first kappa shape index (κ1) is 10.9. The number of hydrogen-bond acceptors (Lipinski definition) is 3. The molecule has 0 aromatic heterocycles. The van der Waals surface area contributed by atoms with Gasteiger partial charge in [0.1, 0.15) is 0 Å². The molecule has 0 amide bonds. The maximum absolute atomic E-state index is 11.7. The van der Waals surface area contributed by atoms with Gasteiger partial charge >= 0.3 is 5.97 Å². The Labute approximate surface area is 94.4 Å². The Morgan fingerprint density at radius 2 is 2.25 bits per heavy atom. The number of carbonyl (C=O) groups is 2. The number of ether oxygens (including phenoxy) is 1. The van der Waals surface area contributed by atoms with Gasteiger partial charge in [0, 0.05) is 6.42 Å². The van der Waals surface area contributed by atoms with Crippen LogP contribution in [0.4, 0.5) is 0 Å². The van der Waals surface area contributed by atoms with Gasteiger partial charge in [0.25, 0.3) is 0 Å². The smallest absolute Gasteiger partial charge is 0.339 e. The van der Waals surface area contributed by atoms with Gasteiger partial charge in [-0.15, -0.1) is 0 Å². The van der Waals surface area contributed by atoms with Crippen molar-refractivity contribution in [3.05, 3.63) is 34.9 Å². The van der Waals surface area contributed by atoms with E-state index >= 15 is 0 Å². The molecule has 0 aliphatic carbocycles. The molecule has 2 rings (SSSR count). The largest absolute Gasteiger partial charge is 0.450 e. The van der Waals surface area contributed by atoms with Crippen molar-refractivity contribution in [2.45, 2.75) is 32.8 Å². The van der Waals surface area contributed by atoms with E-state index in [1.54, 1.807) is 6.07 Å². The van der Waals surface area contributed by atoms with Gasteiger partial charge < -0.3 is 4.74 Å². The molecular weight excluding hydrogens is 204 g/mol. The molecule has 0 saturated carbocycles. The van der Waals surface area contributed by atoms with E-state index in [1.807, 2.05) is 19.1 Å². The molecule has 0 spiro atoms. The SMILES string of the molecule is CCc1cccc2c1CC(C(C)=O)OC2=O. The Hall–Kier alpha value is -1.64. The first-order valence-corrected chi connectivity index (χ1v) is 5.45. The van der Waals surface area contributed by atoms with Crippen LogP contribution in [0.25, 0.3) is 0 Å². The highest BCUT2D eigenvalue weighted by atomic mass is 16.5. The molecule has 1 unspecified atom stereocenters. The molecule has 0 fully saturated rings. The highest BCUT2D eigenvalue weighted by Crippen LogP contribution is 2.24. The van der Waals surface area contributed by atoms with Crippen molar-refractivity contribution in [3.63, 3.8) is 0 Å². The Kier molecular flexibility index (Phi) is 2.77. The summed E-state index contributed by atoms with van der Waals surface area (Å²) in [4.78, 5) is 23.0. The van der Waals surface area contributed by atoms with Gasteiger partial charge in [-0.1, -0.05) is 19.1 Å². The lowest BCUT2D eigenvalue weighted by Crippen LogP contribution is -2.33. The number of esters is 1. The second-order valence-corrected chi connectivity index (χ2v) is 4.01. The fraction of sp³-hybridized carbons (Fsp3) is 0.385. The third-order valence-corrected chi connectivity index (χ3v) is 2.97. The number of carbonyl (C=O) groups excluding carboxylic acids is 2. The van der Waals surface area contributed by atoms with Gasteiger partial charge in [-0.25, -0.2) is 4.79 Å².